The van der Waals surface area contributed by atoms with E-state index >= 15 is 0 Å². The number of hydrogen-bond donors (Lipinski definition) is 1. The van der Waals surface area contributed by atoms with Gasteiger partial charge in [0, 0.05) is 23.4 Å². The van der Waals surface area contributed by atoms with Crippen LogP contribution in [0.1, 0.15) is 58.2 Å². The van der Waals surface area contributed by atoms with Gasteiger partial charge in [-0.25, -0.2) is 8.78 Å². The third kappa shape index (κ3) is 4.65. The number of rotatable bonds is 2. The number of benzene rings is 2. The van der Waals surface area contributed by atoms with E-state index in [2.05, 4.69) is 25.8 Å². The molecule has 0 heterocycles. The van der Waals surface area contributed by atoms with E-state index in [0.717, 1.165) is 29.3 Å². The van der Waals surface area contributed by atoms with Gasteiger partial charge in [0.25, 0.3) is 0 Å². The van der Waals surface area contributed by atoms with E-state index in [-0.39, 0.29) is 22.3 Å². The fourth-order valence-electron chi connectivity index (χ4n) is 2.52. The van der Waals surface area contributed by atoms with Gasteiger partial charge in [0.15, 0.2) is 0 Å². The molecule has 2 aromatic rings. The lowest BCUT2D eigenvalue weighted by Crippen LogP contribution is -2.17. The van der Waals surface area contributed by atoms with Crippen LogP contribution in [0.5, 0.6) is 5.75 Å². The maximum absolute atomic E-state index is 13.3. The van der Waals surface area contributed by atoms with E-state index in [1.807, 2.05) is 32.9 Å². The number of nitrogens with zero attached hydrogens (tertiary/aromatic N) is 1. The quantitative estimate of drug-likeness (QED) is 0.664. The number of aliphatic imine (C=N–C) groups is 1. The Balaban J connectivity index is 2.58. The lowest BCUT2D eigenvalue weighted by atomic mass is 9.79. The van der Waals surface area contributed by atoms with Crippen molar-refractivity contribution in [3.05, 3.63) is 58.7 Å². The molecule has 134 valence electrons. The van der Waals surface area contributed by atoms with Gasteiger partial charge in [-0.15, -0.1) is 0 Å². The Bertz CT molecular complexity index is 792. The molecule has 1 N–H and O–H groups in total. The summed E-state index contributed by atoms with van der Waals surface area (Å²) < 4.78 is 26.6. The van der Waals surface area contributed by atoms with Gasteiger partial charge >= 0.3 is 0 Å². The van der Waals surface area contributed by atoms with Crippen LogP contribution in [0.2, 0.25) is 0 Å². The fourth-order valence-corrected chi connectivity index (χ4v) is 2.52. The molecule has 0 atom stereocenters. The van der Waals surface area contributed by atoms with E-state index in [9.17, 15) is 13.9 Å². The van der Waals surface area contributed by atoms with Gasteiger partial charge < -0.3 is 5.11 Å². The average molecular weight is 345 g/mol. The molecular formula is C21H25F2NO. The Kier molecular flexibility index (Phi) is 5.03. The highest BCUT2D eigenvalue weighted by Crippen LogP contribution is 2.37. The van der Waals surface area contributed by atoms with Crippen molar-refractivity contribution >= 4 is 11.9 Å². The zero-order valence-corrected chi connectivity index (χ0v) is 15.6. The summed E-state index contributed by atoms with van der Waals surface area (Å²) in [7, 11) is 0. The molecule has 0 saturated carbocycles. The fraction of sp³-hybridized carbons (Fsp3) is 0.381. The molecule has 0 aromatic heterocycles. The van der Waals surface area contributed by atoms with Crippen LogP contribution in [0.25, 0.3) is 0 Å². The molecule has 0 spiro atoms. The maximum Gasteiger partial charge on any atom is 0.128 e. The summed E-state index contributed by atoms with van der Waals surface area (Å²) in [5.74, 6) is -1.23. The summed E-state index contributed by atoms with van der Waals surface area (Å²) in [5, 5.41) is 10.7. The van der Waals surface area contributed by atoms with Crippen molar-refractivity contribution < 1.29 is 13.9 Å². The Hall–Kier alpha value is -2.23. The summed E-state index contributed by atoms with van der Waals surface area (Å²) in [5.41, 5.74) is 2.20. The first-order valence-corrected chi connectivity index (χ1v) is 8.26. The molecule has 0 aliphatic carbocycles. The minimum Gasteiger partial charge on any atom is -0.507 e. The second-order valence-corrected chi connectivity index (χ2v) is 8.35. The molecular weight excluding hydrogens is 320 g/mol. The second kappa shape index (κ2) is 6.58. The zero-order valence-electron chi connectivity index (χ0n) is 15.6. The number of phenols is 1. The van der Waals surface area contributed by atoms with E-state index in [1.54, 1.807) is 0 Å². The number of aromatic hydroxyl groups is 1. The Labute approximate surface area is 148 Å². The first-order valence-electron chi connectivity index (χ1n) is 8.26. The normalized spacial score (nSPS) is 12.8. The van der Waals surface area contributed by atoms with E-state index < -0.39 is 11.6 Å². The summed E-state index contributed by atoms with van der Waals surface area (Å²) >= 11 is 0. The van der Waals surface area contributed by atoms with Crippen LogP contribution in [0.3, 0.4) is 0 Å². The lowest BCUT2D eigenvalue weighted by Gasteiger charge is -2.26. The molecule has 0 fully saturated rings. The van der Waals surface area contributed by atoms with Gasteiger partial charge in [-0.05, 0) is 34.6 Å². The van der Waals surface area contributed by atoms with Crippen LogP contribution in [0.4, 0.5) is 14.5 Å². The van der Waals surface area contributed by atoms with Gasteiger partial charge in [0.2, 0.25) is 0 Å². The van der Waals surface area contributed by atoms with Crippen LogP contribution in [0, 0.1) is 11.6 Å². The summed E-state index contributed by atoms with van der Waals surface area (Å²) in [4.78, 5) is 4.14. The number of hydrogen-bond acceptors (Lipinski definition) is 2. The third-order valence-corrected chi connectivity index (χ3v) is 4.01. The third-order valence-electron chi connectivity index (χ3n) is 4.01. The van der Waals surface area contributed by atoms with Crippen LogP contribution < -0.4 is 0 Å². The minimum atomic E-state index is -0.685. The average Bonchev–Trinajstić information content (AvgIpc) is 2.42. The minimum absolute atomic E-state index is 0.110. The molecule has 2 rings (SSSR count). The zero-order chi connectivity index (χ0) is 19.0. The molecule has 0 aliphatic heterocycles. The predicted molar refractivity (Wildman–Crippen MR) is 99.1 cm³/mol. The van der Waals surface area contributed by atoms with Crippen LogP contribution >= 0.6 is 0 Å². The maximum atomic E-state index is 13.3. The van der Waals surface area contributed by atoms with Crippen LogP contribution in [0.15, 0.2) is 35.3 Å². The van der Waals surface area contributed by atoms with Crippen molar-refractivity contribution in [1.29, 1.82) is 0 Å². The van der Waals surface area contributed by atoms with Gasteiger partial charge in [-0.2, -0.15) is 0 Å². The van der Waals surface area contributed by atoms with Crippen molar-refractivity contribution in [2.24, 2.45) is 4.99 Å². The molecule has 0 unspecified atom stereocenters. The Morgan fingerprint density at radius 1 is 0.840 bits per heavy atom. The first kappa shape index (κ1) is 19.1. The molecule has 0 bridgehead atoms. The van der Waals surface area contributed by atoms with Crippen molar-refractivity contribution in [3.8, 4) is 5.75 Å². The summed E-state index contributed by atoms with van der Waals surface area (Å²) in [6, 6.07) is 6.97. The van der Waals surface area contributed by atoms with Gasteiger partial charge in [-0.3, -0.25) is 4.99 Å². The van der Waals surface area contributed by atoms with Gasteiger partial charge in [0.1, 0.15) is 17.4 Å². The second-order valence-electron chi connectivity index (χ2n) is 8.35. The molecule has 0 radical (unpaired) electrons. The van der Waals surface area contributed by atoms with E-state index in [0.29, 0.717) is 5.56 Å². The standard InChI is InChI=1S/C21H25F2NO/c1-20(2,3)14-7-13(19(25)18(8-14)21(4,5)6)12-24-17-10-15(22)9-16(23)11-17/h7-12,25H,1-6H3. The Morgan fingerprint density at radius 3 is 1.88 bits per heavy atom. The van der Waals surface area contributed by atoms with Crippen LogP contribution in [-0.2, 0) is 10.8 Å². The molecule has 0 amide bonds. The number of halogens is 2. The Morgan fingerprint density at radius 2 is 1.40 bits per heavy atom. The SMILES string of the molecule is CC(C)(C)c1cc(C=Nc2cc(F)cc(F)c2)c(O)c(C(C)(C)C)c1. The molecule has 2 nitrogen and oxygen atoms in total. The van der Waals surface area contributed by atoms with Crippen molar-refractivity contribution in [2.45, 2.75) is 52.4 Å². The summed E-state index contributed by atoms with van der Waals surface area (Å²) in [6.07, 6.45) is 1.45. The largest absolute Gasteiger partial charge is 0.507 e. The predicted octanol–water partition coefficient (Wildman–Crippen LogP) is 6.02. The first-order chi connectivity index (χ1) is 11.4. The number of phenolic OH excluding ortho intramolecular Hbond substituents is 1. The topological polar surface area (TPSA) is 32.6 Å². The smallest absolute Gasteiger partial charge is 0.128 e. The highest BCUT2D eigenvalue weighted by Gasteiger charge is 2.24. The highest BCUT2D eigenvalue weighted by molar-refractivity contribution is 5.86. The molecule has 25 heavy (non-hydrogen) atoms. The van der Waals surface area contributed by atoms with Crippen molar-refractivity contribution in [3.63, 3.8) is 0 Å². The summed E-state index contributed by atoms with van der Waals surface area (Å²) in [6.45, 7) is 12.4. The molecule has 0 aliphatic rings. The van der Waals surface area contributed by atoms with Gasteiger partial charge in [0.05, 0.1) is 5.69 Å². The van der Waals surface area contributed by atoms with E-state index in [1.165, 1.54) is 6.21 Å². The van der Waals surface area contributed by atoms with Crippen molar-refractivity contribution in [2.75, 3.05) is 0 Å². The van der Waals surface area contributed by atoms with Gasteiger partial charge in [-0.1, -0.05) is 47.6 Å². The molecule has 2 aromatic carbocycles. The van der Waals surface area contributed by atoms with Crippen molar-refractivity contribution in [1.82, 2.24) is 0 Å². The highest BCUT2D eigenvalue weighted by atomic mass is 19.1. The van der Waals surface area contributed by atoms with E-state index in [4.69, 9.17) is 0 Å². The van der Waals surface area contributed by atoms with Crippen LogP contribution in [-0.4, -0.2) is 11.3 Å². The molecule has 0 saturated heterocycles. The lowest BCUT2D eigenvalue weighted by molar-refractivity contribution is 0.444. The molecule has 4 heteroatoms. The monoisotopic (exact) mass is 345 g/mol.